The van der Waals surface area contributed by atoms with E-state index in [0.29, 0.717) is 17.2 Å². The molecule has 6 nitrogen and oxygen atoms in total. The lowest BCUT2D eigenvalue weighted by Crippen LogP contribution is -2.40. The SMILES string of the molecule is CC(C)c1noc2nc(C3CC3)cc(C(=O)NC3CCC(N)CC3)c12.Cl. The second-order valence-electron chi connectivity index (χ2n) is 7.86. The van der Waals surface area contributed by atoms with Gasteiger partial charge in [-0.15, -0.1) is 12.4 Å². The zero-order valence-electron chi connectivity index (χ0n) is 15.3. The fourth-order valence-corrected chi connectivity index (χ4v) is 3.68. The van der Waals surface area contributed by atoms with Crippen molar-refractivity contribution in [3.05, 3.63) is 23.0 Å². The summed E-state index contributed by atoms with van der Waals surface area (Å²) in [5.74, 6) is 0.588. The number of amides is 1. The van der Waals surface area contributed by atoms with Crippen LogP contribution in [0.3, 0.4) is 0 Å². The van der Waals surface area contributed by atoms with E-state index in [1.807, 2.05) is 6.07 Å². The van der Waals surface area contributed by atoms with E-state index in [0.717, 1.165) is 55.3 Å². The molecule has 1 amide bonds. The highest BCUT2D eigenvalue weighted by molar-refractivity contribution is 6.06. The summed E-state index contributed by atoms with van der Waals surface area (Å²) in [6.07, 6.45) is 6.08. The number of fused-ring (bicyclic) bond motifs is 1. The zero-order chi connectivity index (χ0) is 17.6. The molecule has 3 N–H and O–H groups in total. The van der Waals surface area contributed by atoms with Gasteiger partial charge in [-0.3, -0.25) is 4.79 Å². The van der Waals surface area contributed by atoms with Crippen LogP contribution in [0.15, 0.2) is 10.6 Å². The molecule has 0 unspecified atom stereocenters. The Morgan fingerprint density at radius 1 is 1.23 bits per heavy atom. The number of hydrogen-bond acceptors (Lipinski definition) is 5. The average Bonchev–Trinajstić information content (AvgIpc) is 3.35. The van der Waals surface area contributed by atoms with Crippen LogP contribution in [0.25, 0.3) is 11.1 Å². The number of rotatable bonds is 4. The highest BCUT2D eigenvalue weighted by Gasteiger charge is 2.30. The highest BCUT2D eigenvalue weighted by atomic mass is 35.5. The Balaban J connectivity index is 0.00000196. The van der Waals surface area contributed by atoms with Gasteiger partial charge in [0.25, 0.3) is 11.6 Å². The summed E-state index contributed by atoms with van der Waals surface area (Å²) in [7, 11) is 0. The molecule has 0 bridgehead atoms. The Kier molecular flexibility index (Phi) is 5.53. The number of nitrogens with two attached hydrogens (primary N) is 1. The van der Waals surface area contributed by atoms with E-state index in [4.69, 9.17) is 10.3 Å². The van der Waals surface area contributed by atoms with Crippen LogP contribution in [0.1, 0.15) is 86.0 Å². The first kappa shape index (κ1) is 19.1. The average molecular weight is 379 g/mol. The molecule has 2 aromatic rings. The summed E-state index contributed by atoms with van der Waals surface area (Å²) in [5.41, 5.74) is 8.88. The minimum Gasteiger partial charge on any atom is -0.349 e. The summed E-state index contributed by atoms with van der Waals surface area (Å²) in [4.78, 5) is 17.7. The summed E-state index contributed by atoms with van der Waals surface area (Å²) in [6.45, 7) is 4.10. The van der Waals surface area contributed by atoms with E-state index in [1.54, 1.807) is 0 Å². The molecule has 2 saturated carbocycles. The van der Waals surface area contributed by atoms with Gasteiger partial charge in [-0.2, -0.15) is 0 Å². The molecule has 0 radical (unpaired) electrons. The lowest BCUT2D eigenvalue weighted by molar-refractivity contribution is 0.0927. The smallest absolute Gasteiger partial charge is 0.259 e. The summed E-state index contributed by atoms with van der Waals surface area (Å²) in [5, 5.41) is 8.15. The number of nitrogens with zero attached hydrogens (tertiary/aromatic N) is 2. The van der Waals surface area contributed by atoms with Crippen molar-refractivity contribution in [2.75, 3.05) is 0 Å². The summed E-state index contributed by atoms with van der Waals surface area (Å²) < 4.78 is 5.47. The van der Waals surface area contributed by atoms with E-state index in [-0.39, 0.29) is 36.3 Å². The second kappa shape index (κ2) is 7.53. The third kappa shape index (κ3) is 3.71. The molecule has 2 aliphatic carbocycles. The van der Waals surface area contributed by atoms with Crippen LogP contribution < -0.4 is 11.1 Å². The fourth-order valence-electron chi connectivity index (χ4n) is 3.68. The molecule has 2 fully saturated rings. The molecule has 0 saturated heterocycles. The van der Waals surface area contributed by atoms with E-state index in [1.165, 1.54) is 0 Å². The molecule has 2 heterocycles. The van der Waals surface area contributed by atoms with Crippen molar-refractivity contribution in [2.24, 2.45) is 5.73 Å². The zero-order valence-corrected chi connectivity index (χ0v) is 16.1. The van der Waals surface area contributed by atoms with Crippen LogP contribution in [0.2, 0.25) is 0 Å². The lowest BCUT2D eigenvalue weighted by atomic mass is 9.91. The van der Waals surface area contributed by atoms with Gasteiger partial charge in [0.2, 0.25) is 0 Å². The quantitative estimate of drug-likeness (QED) is 0.846. The third-order valence-electron chi connectivity index (χ3n) is 5.39. The van der Waals surface area contributed by atoms with Crippen molar-refractivity contribution in [3.8, 4) is 0 Å². The molecule has 0 spiro atoms. The Labute approximate surface area is 159 Å². The van der Waals surface area contributed by atoms with Crippen molar-refractivity contribution in [3.63, 3.8) is 0 Å². The number of carbonyl (C=O) groups is 1. The summed E-state index contributed by atoms with van der Waals surface area (Å²) in [6, 6.07) is 2.42. The van der Waals surface area contributed by atoms with Gasteiger partial charge in [0.05, 0.1) is 16.6 Å². The molecular weight excluding hydrogens is 352 g/mol. The second-order valence-corrected chi connectivity index (χ2v) is 7.86. The Bertz CT molecular complexity index is 792. The normalized spacial score (nSPS) is 23.1. The fraction of sp³-hybridized carbons (Fsp3) is 0.632. The number of aromatic nitrogens is 2. The van der Waals surface area contributed by atoms with Crippen LogP contribution in [-0.2, 0) is 0 Å². The van der Waals surface area contributed by atoms with E-state index in [9.17, 15) is 4.79 Å². The predicted octanol–water partition coefficient (Wildman–Crippen LogP) is 3.65. The van der Waals surface area contributed by atoms with Crippen LogP contribution in [0, 0.1) is 0 Å². The Hall–Kier alpha value is -1.66. The van der Waals surface area contributed by atoms with Crippen LogP contribution in [-0.4, -0.2) is 28.1 Å². The van der Waals surface area contributed by atoms with Crippen molar-refractivity contribution >= 4 is 29.4 Å². The first-order chi connectivity index (χ1) is 12.0. The number of hydrogen-bond donors (Lipinski definition) is 2. The number of pyridine rings is 1. The molecule has 0 aliphatic heterocycles. The molecule has 4 rings (SSSR count). The van der Waals surface area contributed by atoms with Crippen LogP contribution >= 0.6 is 12.4 Å². The van der Waals surface area contributed by atoms with E-state index in [2.05, 4.69) is 29.3 Å². The first-order valence-electron chi connectivity index (χ1n) is 9.39. The van der Waals surface area contributed by atoms with Gasteiger partial charge in [-0.25, -0.2) is 4.98 Å². The molecule has 0 aromatic carbocycles. The maximum absolute atomic E-state index is 13.0. The molecule has 2 aromatic heterocycles. The van der Waals surface area contributed by atoms with Crippen molar-refractivity contribution in [1.82, 2.24) is 15.5 Å². The molecule has 142 valence electrons. The van der Waals surface area contributed by atoms with E-state index >= 15 is 0 Å². The van der Waals surface area contributed by atoms with Gasteiger partial charge < -0.3 is 15.6 Å². The number of carbonyl (C=O) groups excluding carboxylic acids is 1. The number of nitrogens with one attached hydrogen (secondary N) is 1. The molecular formula is C19H27ClN4O2. The van der Waals surface area contributed by atoms with E-state index < -0.39 is 0 Å². The van der Waals surface area contributed by atoms with Gasteiger partial charge in [-0.05, 0) is 50.5 Å². The third-order valence-corrected chi connectivity index (χ3v) is 5.39. The first-order valence-corrected chi connectivity index (χ1v) is 9.39. The van der Waals surface area contributed by atoms with Crippen molar-refractivity contribution in [2.45, 2.75) is 76.3 Å². The lowest BCUT2D eigenvalue weighted by Gasteiger charge is -2.27. The number of halogens is 1. The Morgan fingerprint density at radius 2 is 1.92 bits per heavy atom. The monoisotopic (exact) mass is 378 g/mol. The standard InChI is InChI=1S/C19H26N4O2.ClH/c1-10(2)17-16-14(18(24)21-13-7-5-12(20)6-8-13)9-15(11-3-4-11)22-19(16)25-23-17;/h9-13H,3-8,20H2,1-2H3,(H,21,24);1H. The molecule has 2 aliphatic rings. The van der Waals surface area contributed by atoms with Crippen LogP contribution in [0.4, 0.5) is 0 Å². The van der Waals surface area contributed by atoms with Crippen molar-refractivity contribution in [1.29, 1.82) is 0 Å². The van der Waals surface area contributed by atoms with Crippen molar-refractivity contribution < 1.29 is 9.32 Å². The minimum absolute atomic E-state index is 0. The van der Waals surface area contributed by atoms with Gasteiger partial charge in [-0.1, -0.05) is 19.0 Å². The van der Waals surface area contributed by atoms with Gasteiger partial charge in [0, 0.05) is 23.7 Å². The summed E-state index contributed by atoms with van der Waals surface area (Å²) >= 11 is 0. The largest absolute Gasteiger partial charge is 0.349 e. The predicted molar refractivity (Wildman–Crippen MR) is 103 cm³/mol. The maximum Gasteiger partial charge on any atom is 0.259 e. The maximum atomic E-state index is 13.0. The topological polar surface area (TPSA) is 94.0 Å². The molecule has 7 heteroatoms. The molecule has 26 heavy (non-hydrogen) atoms. The van der Waals surface area contributed by atoms with Gasteiger partial charge in [0.15, 0.2) is 0 Å². The highest BCUT2D eigenvalue weighted by Crippen LogP contribution is 2.41. The van der Waals surface area contributed by atoms with Gasteiger partial charge >= 0.3 is 0 Å². The Morgan fingerprint density at radius 3 is 2.54 bits per heavy atom. The minimum atomic E-state index is -0.0418. The van der Waals surface area contributed by atoms with Gasteiger partial charge in [0.1, 0.15) is 0 Å². The van der Waals surface area contributed by atoms with Crippen LogP contribution in [0.5, 0.6) is 0 Å². The molecule has 0 atom stereocenters.